The molecule has 5 rings (SSSR count). The largest absolute Gasteiger partial charge is 0.378 e. The zero-order valence-corrected chi connectivity index (χ0v) is 19.0. The number of thiophene rings is 1. The molecule has 1 saturated heterocycles. The SMILES string of the molecule is O=C(Cc1ccc(F)cc1)Nc1n[nH]c2sc(C(=O)Nc3ccc(N4CCOCC4)cc3)cc12. The van der Waals surface area contributed by atoms with Crippen LogP contribution in [0, 0.1) is 5.82 Å². The highest BCUT2D eigenvalue weighted by Gasteiger charge is 2.17. The predicted octanol–water partition coefficient (Wildman–Crippen LogP) is 4.03. The molecule has 3 heterocycles. The zero-order valence-electron chi connectivity index (χ0n) is 18.1. The second kappa shape index (κ2) is 9.62. The van der Waals surface area contributed by atoms with Gasteiger partial charge in [0.1, 0.15) is 10.6 Å². The summed E-state index contributed by atoms with van der Waals surface area (Å²) in [5.41, 5.74) is 2.48. The third-order valence-corrected chi connectivity index (χ3v) is 6.56. The molecule has 1 aliphatic rings. The van der Waals surface area contributed by atoms with Crippen LogP contribution in [0.3, 0.4) is 0 Å². The first-order valence-corrected chi connectivity index (χ1v) is 11.6. The van der Waals surface area contributed by atoms with E-state index in [0.29, 0.717) is 45.4 Å². The standard InChI is InChI=1S/C24H22FN5O3S/c25-16-3-1-15(2-4-16)13-21(31)27-22-19-14-20(34-24(19)29-28-22)23(32)26-17-5-7-18(8-6-17)30-9-11-33-12-10-30/h1-8,14H,9-13H2,(H,26,32)(H2,27,28,29,31). The number of anilines is 3. The minimum Gasteiger partial charge on any atom is -0.378 e. The van der Waals surface area contributed by atoms with Crippen molar-refractivity contribution in [2.24, 2.45) is 0 Å². The first-order valence-electron chi connectivity index (χ1n) is 10.8. The number of carbonyl (C=O) groups is 2. The summed E-state index contributed by atoms with van der Waals surface area (Å²) >= 11 is 1.26. The predicted molar refractivity (Wildman–Crippen MR) is 130 cm³/mol. The molecule has 0 bridgehead atoms. The zero-order chi connectivity index (χ0) is 23.5. The van der Waals surface area contributed by atoms with Crippen molar-refractivity contribution in [3.05, 3.63) is 70.9 Å². The number of morpholine rings is 1. The van der Waals surface area contributed by atoms with E-state index in [1.807, 2.05) is 24.3 Å². The molecular weight excluding hydrogens is 457 g/mol. The normalized spacial score (nSPS) is 13.7. The summed E-state index contributed by atoms with van der Waals surface area (Å²) in [6.45, 7) is 3.13. The maximum absolute atomic E-state index is 13.1. The summed E-state index contributed by atoms with van der Waals surface area (Å²) in [4.78, 5) is 28.6. The minimum atomic E-state index is -0.352. The van der Waals surface area contributed by atoms with Crippen molar-refractivity contribution in [1.82, 2.24) is 10.2 Å². The molecule has 3 N–H and O–H groups in total. The Bertz CT molecular complexity index is 1310. The Kier molecular flexibility index (Phi) is 6.24. The van der Waals surface area contributed by atoms with Gasteiger partial charge in [-0.3, -0.25) is 14.7 Å². The molecular formula is C24H22FN5O3S. The lowest BCUT2D eigenvalue weighted by Gasteiger charge is -2.28. The van der Waals surface area contributed by atoms with Crippen LogP contribution in [0.25, 0.3) is 10.2 Å². The number of aromatic nitrogens is 2. The molecule has 0 unspecified atom stereocenters. The van der Waals surface area contributed by atoms with Gasteiger partial charge in [-0.1, -0.05) is 12.1 Å². The fourth-order valence-electron chi connectivity index (χ4n) is 3.76. The van der Waals surface area contributed by atoms with E-state index in [1.165, 1.54) is 23.5 Å². The first kappa shape index (κ1) is 22.1. The number of hydrogen-bond donors (Lipinski definition) is 3. The summed E-state index contributed by atoms with van der Waals surface area (Å²) in [7, 11) is 0. The van der Waals surface area contributed by atoms with Crippen molar-refractivity contribution in [3.63, 3.8) is 0 Å². The molecule has 0 radical (unpaired) electrons. The number of nitrogens with one attached hydrogen (secondary N) is 3. The van der Waals surface area contributed by atoms with E-state index in [9.17, 15) is 14.0 Å². The van der Waals surface area contributed by atoms with Crippen molar-refractivity contribution >= 4 is 50.6 Å². The van der Waals surface area contributed by atoms with Gasteiger partial charge in [0.05, 0.1) is 29.9 Å². The number of carbonyl (C=O) groups excluding carboxylic acids is 2. The second-order valence-corrected chi connectivity index (χ2v) is 8.93. The van der Waals surface area contributed by atoms with Crippen LogP contribution in [0.15, 0.2) is 54.6 Å². The van der Waals surface area contributed by atoms with Gasteiger partial charge in [-0.2, -0.15) is 5.10 Å². The van der Waals surface area contributed by atoms with Crippen LogP contribution in [0.5, 0.6) is 0 Å². The first-order chi connectivity index (χ1) is 16.5. The van der Waals surface area contributed by atoms with Crippen LogP contribution in [0.2, 0.25) is 0 Å². The second-order valence-electron chi connectivity index (χ2n) is 7.88. The van der Waals surface area contributed by atoms with Crippen LogP contribution in [0.4, 0.5) is 21.6 Å². The van der Waals surface area contributed by atoms with E-state index in [4.69, 9.17) is 4.74 Å². The van der Waals surface area contributed by atoms with E-state index in [2.05, 4.69) is 25.7 Å². The van der Waals surface area contributed by atoms with Crippen molar-refractivity contribution in [2.75, 3.05) is 41.8 Å². The number of rotatable bonds is 6. The molecule has 10 heteroatoms. The van der Waals surface area contributed by atoms with Crippen molar-refractivity contribution in [2.45, 2.75) is 6.42 Å². The topological polar surface area (TPSA) is 99.3 Å². The lowest BCUT2D eigenvalue weighted by molar-refractivity contribution is -0.115. The molecule has 8 nitrogen and oxygen atoms in total. The molecule has 0 atom stereocenters. The number of hydrogen-bond acceptors (Lipinski definition) is 6. The van der Waals surface area contributed by atoms with Crippen LogP contribution in [-0.2, 0) is 16.0 Å². The highest BCUT2D eigenvalue weighted by atomic mass is 32.1. The maximum atomic E-state index is 13.1. The van der Waals surface area contributed by atoms with Gasteiger partial charge in [0.25, 0.3) is 5.91 Å². The molecule has 0 saturated carbocycles. The molecule has 1 aliphatic heterocycles. The highest BCUT2D eigenvalue weighted by Crippen LogP contribution is 2.30. The van der Waals surface area contributed by atoms with Crippen LogP contribution in [-0.4, -0.2) is 48.3 Å². The van der Waals surface area contributed by atoms with E-state index in [0.717, 1.165) is 18.8 Å². The van der Waals surface area contributed by atoms with Gasteiger partial charge in [-0.05, 0) is 48.0 Å². The van der Waals surface area contributed by atoms with Gasteiger partial charge in [-0.15, -0.1) is 11.3 Å². The molecule has 1 fully saturated rings. The number of ether oxygens (including phenoxy) is 1. The van der Waals surface area contributed by atoms with Crippen molar-refractivity contribution in [1.29, 1.82) is 0 Å². The number of nitrogens with zero attached hydrogens (tertiary/aromatic N) is 2. The average molecular weight is 480 g/mol. The number of fused-ring (bicyclic) bond motifs is 1. The van der Waals surface area contributed by atoms with Gasteiger partial charge in [0.15, 0.2) is 5.82 Å². The average Bonchev–Trinajstić information content (AvgIpc) is 3.44. The third-order valence-electron chi connectivity index (χ3n) is 5.52. The molecule has 2 amide bonds. The van der Waals surface area contributed by atoms with Gasteiger partial charge >= 0.3 is 0 Å². The molecule has 0 aliphatic carbocycles. The molecule has 174 valence electrons. The fraction of sp³-hybridized carbons (Fsp3) is 0.208. The van der Waals surface area contributed by atoms with Gasteiger partial charge < -0.3 is 20.3 Å². The quantitative estimate of drug-likeness (QED) is 0.388. The number of amides is 2. The Morgan fingerprint density at radius 1 is 1.06 bits per heavy atom. The van der Waals surface area contributed by atoms with Crippen molar-refractivity contribution in [3.8, 4) is 0 Å². The lowest BCUT2D eigenvalue weighted by atomic mass is 10.1. The Balaban J connectivity index is 1.23. The molecule has 34 heavy (non-hydrogen) atoms. The minimum absolute atomic E-state index is 0.0898. The smallest absolute Gasteiger partial charge is 0.265 e. The fourth-order valence-corrected chi connectivity index (χ4v) is 4.66. The number of aromatic amines is 1. The summed E-state index contributed by atoms with van der Waals surface area (Å²) < 4.78 is 18.4. The lowest BCUT2D eigenvalue weighted by Crippen LogP contribution is -2.36. The Morgan fingerprint density at radius 3 is 2.53 bits per heavy atom. The van der Waals surface area contributed by atoms with Gasteiger partial charge in [0, 0.05) is 24.5 Å². The van der Waals surface area contributed by atoms with E-state index >= 15 is 0 Å². The van der Waals surface area contributed by atoms with E-state index in [-0.39, 0.29) is 24.1 Å². The van der Waals surface area contributed by atoms with Gasteiger partial charge in [0.2, 0.25) is 5.91 Å². The molecule has 2 aromatic carbocycles. The van der Waals surface area contributed by atoms with E-state index < -0.39 is 0 Å². The summed E-state index contributed by atoms with van der Waals surface area (Å²) in [6, 6.07) is 15.2. The van der Waals surface area contributed by atoms with Crippen molar-refractivity contribution < 1.29 is 18.7 Å². The summed E-state index contributed by atoms with van der Waals surface area (Å²) in [5.74, 6) is -0.516. The molecule has 4 aromatic rings. The number of benzene rings is 2. The Labute approximate surface area is 198 Å². The third kappa shape index (κ3) is 4.92. The molecule has 0 spiro atoms. The Morgan fingerprint density at radius 2 is 1.79 bits per heavy atom. The van der Waals surface area contributed by atoms with Crippen LogP contribution < -0.4 is 15.5 Å². The van der Waals surface area contributed by atoms with Crippen LogP contribution in [0.1, 0.15) is 15.2 Å². The summed E-state index contributed by atoms with van der Waals surface area (Å²) in [6.07, 6.45) is 0.0898. The monoisotopic (exact) mass is 479 g/mol. The maximum Gasteiger partial charge on any atom is 0.265 e. The number of H-pyrrole nitrogens is 1. The number of halogens is 1. The molecule has 2 aromatic heterocycles. The Hall–Kier alpha value is -3.76. The van der Waals surface area contributed by atoms with Crippen LogP contribution >= 0.6 is 11.3 Å². The van der Waals surface area contributed by atoms with E-state index in [1.54, 1.807) is 18.2 Å². The van der Waals surface area contributed by atoms with Gasteiger partial charge in [-0.25, -0.2) is 4.39 Å². The summed E-state index contributed by atoms with van der Waals surface area (Å²) in [5, 5.41) is 13.3. The highest BCUT2D eigenvalue weighted by molar-refractivity contribution is 7.20.